The minimum atomic E-state index is -0.561. The number of furan rings is 4. The molecule has 4 aromatic rings. The lowest BCUT2D eigenvalue weighted by Crippen LogP contribution is -2.16. The fourth-order valence-electron chi connectivity index (χ4n) is 3.00. The summed E-state index contributed by atoms with van der Waals surface area (Å²) in [6.07, 6.45) is 8.91. The van der Waals surface area contributed by atoms with E-state index in [4.69, 9.17) is 17.7 Å². The summed E-state index contributed by atoms with van der Waals surface area (Å²) in [5, 5.41) is 0. The summed E-state index contributed by atoms with van der Waals surface area (Å²) < 4.78 is 22.0. The zero-order valence-electron chi connectivity index (χ0n) is 17.0. The predicted octanol–water partition coefficient (Wildman–Crippen LogP) is 6.18. The largest absolute Gasteiger partial charge is 0.461 e. The first-order valence-corrected chi connectivity index (χ1v) is 9.66. The van der Waals surface area contributed by atoms with E-state index in [0.717, 1.165) is 0 Å². The van der Waals surface area contributed by atoms with Gasteiger partial charge in [-0.1, -0.05) is 0 Å². The second kappa shape index (κ2) is 8.36. The van der Waals surface area contributed by atoms with E-state index in [1.54, 1.807) is 48.6 Å². The Morgan fingerprint density at radius 1 is 0.710 bits per heavy atom. The molecule has 6 nitrogen and oxygen atoms in total. The minimum Gasteiger partial charge on any atom is -0.461 e. The van der Waals surface area contributed by atoms with Gasteiger partial charge < -0.3 is 17.7 Å². The van der Waals surface area contributed by atoms with Crippen LogP contribution in [0, 0.1) is 0 Å². The van der Waals surface area contributed by atoms with Crippen molar-refractivity contribution in [3.05, 3.63) is 108 Å². The van der Waals surface area contributed by atoms with Crippen LogP contribution in [0.4, 0.5) is 0 Å². The third-order valence-electron chi connectivity index (χ3n) is 4.81. The van der Waals surface area contributed by atoms with Gasteiger partial charge in [-0.2, -0.15) is 0 Å². The number of carbonyl (C=O) groups is 2. The second-order valence-corrected chi connectivity index (χ2v) is 7.38. The Kier molecular flexibility index (Phi) is 5.45. The molecule has 0 aliphatic carbocycles. The van der Waals surface area contributed by atoms with Gasteiger partial charge in [-0.15, -0.1) is 0 Å². The first-order valence-electron chi connectivity index (χ1n) is 9.66. The Balaban J connectivity index is 1.46. The molecule has 0 saturated carbocycles. The summed E-state index contributed by atoms with van der Waals surface area (Å²) in [5.74, 6) is 2.48. The Labute approximate surface area is 178 Å². The van der Waals surface area contributed by atoms with E-state index in [2.05, 4.69) is 0 Å². The van der Waals surface area contributed by atoms with Gasteiger partial charge in [-0.3, -0.25) is 9.59 Å². The Bertz CT molecular complexity index is 1130. The molecule has 4 aromatic heterocycles. The Morgan fingerprint density at radius 2 is 1.16 bits per heavy atom. The molecule has 0 bridgehead atoms. The average molecular weight is 416 g/mol. The van der Waals surface area contributed by atoms with E-state index in [9.17, 15) is 9.59 Å². The summed E-state index contributed by atoms with van der Waals surface area (Å²) in [6.45, 7) is 3.93. The lowest BCUT2D eigenvalue weighted by atomic mass is 9.87. The monoisotopic (exact) mass is 416 g/mol. The third kappa shape index (κ3) is 4.43. The first-order chi connectivity index (χ1) is 14.9. The molecular formula is C25H20O6. The van der Waals surface area contributed by atoms with E-state index < -0.39 is 5.41 Å². The van der Waals surface area contributed by atoms with Gasteiger partial charge in [0.25, 0.3) is 0 Å². The van der Waals surface area contributed by atoms with Gasteiger partial charge in [0.1, 0.15) is 23.0 Å². The summed E-state index contributed by atoms with van der Waals surface area (Å²) in [4.78, 5) is 24.0. The van der Waals surface area contributed by atoms with E-state index in [1.807, 2.05) is 26.0 Å². The van der Waals surface area contributed by atoms with Crippen LogP contribution < -0.4 is 0 Å². The second-order valence-electron chi connectivity index (χ2n) is 7.38. The van der Waals surface area contributed by atoms with Crippen LogP contribution in [0.5, 0.6) is 0 Å². The van der Waals surface area contributed by atoms with Crippen LogP contribution in [0.15, 0.2) is 90.9 Å². The molecule has 0 saturated heterocycles. The molecular weight excluding hydrogens is 396 g/mol. The molecule has 156 valence electrons. The highest BCUT2D eigenvalue weighted by Crippen LogP contribution is 2.34. The summed E-state index contributed by atoms with van der Waals surface area (Å²) in [7, 11) is 0. The van der Waals surface area contributed by atoms with Crippen LogP contribution >= 0.6 is 0 Å². The number of hydrogen-bond donors (Lipinski definition) is 0. The highest BCUT2D eigenvalue weighted by Gasteiger charge is 2.30. The van der Waals surface area contributed by atoms with Crippen molar-refractivity contribution in [2.45, 2.75) is 19.3 Å². The van der Waals surface area contributed by atoms with Crippen LogP contribution in [0.25, 0.3) is 12.2 Å². The molecule has 0 aliphatic heterocycles. The first kappa shape index (κ1) is 20.2. The number of ketones is 2. The van der Waals surface area contributed by atoms with Crippen molar-refractivity contribution in [2.24, 2.45) is 0 Å². The fourth-order valence-corrected chi connectivity index (χ4v) is 3.00. The fraction of sp³-hybridized carbons (Fsp3) is 0.120. The molecule has 0 unspecified atom stereocenters. The van der Waals surface area contributed by atoms with Gasteiger partial charge in [0.05, 0.1) is 17.9 Å². The van der Waals surface area contributed by atoms with Crippen LogP contribution in [-0.2, 0) is 5.41 Å². The smallest absolute Gasteiger partial charge is 0.221 e. The lowest BCUT2D eigenvalue weighted by Gasteiger charge is -2.19. The standard InChI is InChI=1S/C25H20O6/c1-25(2,23-13-9-17(30-23)7-11-19(26)21-5-3-15-28-21)24-14-10-18(31-24)8-12-20(27)22-6-4-16-29-22/h3-16H,1-2H3. The SMILES string of the molecule is CC(C)(c1ccc(C=CC(=O)c2ccco2)o1)c1ccc(C=CC(=O)c2ccco2)o1. The minimum absolute atomic E-state index is 0.242. The molecule has 0 fully saturated rings. The maximum Gasteiger partial charge on any atom is 0.221 e. The highest BCUT2D eigenvalue weighted by atomic mass is 16.4. The van der Waals surface area contributed by atoms with Crippen molar-refractivity contribution in [2.75, 3.05) is 0 Å². The van der Waals surface area contributed by atoms with E-state index in [1.165, 1.54) is 24.7 Å². The van der Waals surface area contributed by atoms with Crippen molar-refractivity contribution < 1.29 is 27.3 Å². The van der Waals surface area contributed by atoms with Gasteiger partial charge in [-0.05, 0) is 86.7 Å². The van der Waals surface area contributed by atoms with Crippen LogP contribution in [-0.4, -0.2) is 11.6 Å². The molecule has 0 amide bonds. The number of allylic oxidation sites excluding steroid dienone is 2. The molecule has 0 aromatic carbocycles. The molecule has 4 rings (SSSR count). The topological polar surface area (TPSA) is 86.7 Å². The molecule has 0 aliphatic rings. The Morgan fingerprint density at radius 3 is 1.55 bits per heavy atom. The number of rotatable bonds is 8. The number of hydrogen-bond acceptors (Lipinski definition) is 6. The third-order valence-corrected chi connectivity index (χ3v) is 4.81. The van der Waals surface area contributed by atoms with Crippen molar-refractivity contribution >= 4 is 23.7 Å². The molecule has 0 N–H and O–H groups in total. The molecule has 31 heavy (non-hydrogen) atoms. The van der Waals surface area contributed by atoms with Crippen molar-refractivity contribution in [1.29, 1.82) is 0 Å². The van der Waals surface area contributed by atoms with Crippen LogP contribution in [0.2, 0.25) is 0 Å². The van der Waals surface area contributed by atoms with Crippen LogP contribution in [0.1, 0.15) is 58.0 Å². The average Bonchev–Trinajstić information content (AvgIpc) is 3.58. The predicted molar refractivity (Wildman–Crippen MR) is 114 cm³/mol. The zero-order chi connectivity index (χ0) is 21.8. The van der Waals surface area contributed by atoms with Gasteiger partial charge in [0.15, 0.2) is 11.5 Å². The van der Waals surface area contributed by atoms with Crippen molar-refractivity contribution in [3.63, 3.8) is 0 Å². The summed E-state index contributed by atoms with van der Waals surface area (Å²) in [5.41, 5.74) is -0.561. The van der Waals surface area contributed by atoms with Crippen molar-refractivity contribution in [1.82, 2.24) is 0 Å². The zero-order valence-corrected chi connectivity index (χ0v) is 17.0. The van der Waals surface area contributed by atoms with Gasteiger partial charge >= 0.3 is 0 Å². The van der Waals surface area contributed by atoms with Crippen molar-refractivity contribution in [3.8, 4) is 0 Å². The van der Waals surface area contributed by atoms with Gasteiger partial charge in [-0.25, -0.2) is 0 Å². The lowest BCUT2D eigenvalue weighted by molar-refractivity contribution is 0.101. The van der Waals surface area contributed by atoms with Gasteiger partial charge in [0, 0.05) is 0 Å². The molecule has 0 atom stereocenters. The molecule has 0 spiro atoms. The Hall–Kier alpha value is -4.06. The highest BCUT2D eigenvalue weighted by molar-refractivity contribution is 6.05. The number of carbonyl (C=O) groups excluding carboxylic acids is 2. The molecule has 6 heteroatoms. The summed E-state index contributed by atoms with van der Waals surface area (Å²) >= 11 is 0. The van der Waals surface area contributed by atoms with Gasteiger partial charge in [0.2, 0.25) is 11.6 Å². The van der Waals surface area contributed by atoms with E-state index >= 15 is 0 Å². The van der Waals surface area contributed by atoms with E-state index in [0.29, 0.717) is 23.0 Å². The maximum absolute atomic E-state index is 12.0. The van der Waals surface area contributed by atoms with Crippen LogP contribution in [0.3, 0.4) is 0 Å². The molecule has 0 radical (unpaired) electrons. The normalized spacial score (nSPS) is 12.2. The summed E-state index contributed by atoms with van der Waals surface area (Å²) in [6, 6.07) is 13.8. The maximum atomic E-state index is 12.0. The quantitative estimate of drug-likeness (QED) is 0.252. The molecule has 4 heterocycles. The van der Waals surface area contributed by atoms with E-state index in [-0.39, 0.29) is 23.1 Å².